The SMILES string of the molecule is COC1O[C@@H](COCc2ccccc2)[C@H](OCc2ccccc2)[C@H](OCc2ccccc2)[C@H]1OCc1ccccc1. The number of methoxy groups -OCH3 is 1. The molecule has 1 aliphatic heterocycles. The maximum atomic E-state index is 6.63. The molecule has 5 rings (SSSR count). The third-order valence-corrected chi connectivity index (χ3v) is 7.07. The van der Waals surface area contributed by atoms with Crippen LogP contribution in [-0.4, -0.2) is 44.4 Å². The molecular weight excluding hydrogens is 516 g/mol. The molecular formula is C35H38O6. The predicted octanol–water partition coefficient (Wildman–Crippen LogP) is 6.33. The molecule has 0 aromatic heterocycles. The summed E-state index contributed by atoms with van der Waals surface area (Å²) in [5.74, 6) is 0. The van der Waals surface area contributed by atoms with Gasteiger partial charge in [0.1, 0.15) is 24.4 Å². The Kier molecular flexibility index (Phi) is 11.1. The molecule has 0 bridgehead atoms. The highest BCUT2D eigenvalue weighted by Gasteiger charge is 2.48. The van der Waals surface area contributed by atoms with Crippen LogP contribution in [0.2, 0.25) is 0 Å². The van der Waals surface area contributed by atoms with E-state index >= 15 is 0 Å². The first-order valence-corrected chi connectivity index (χ1v) is 14.1. The third kappa shape index (κ3) is 8.57. The molecule has 5 atom stereocenters. The standard InChI is InChI=1S/C35H38O6/c1-36-35-34(40-25-30-20-12-5-13-21-30)33(39-24-29-18-10-4-11-19-29)32(38-23-28-16-8-3-9-17-28)31(41-35)26-37-22-27-14-6-2-7-15-27/h2-21,31-35H,22-26H2,1H3/t31-,32-,33-,34+,35?/m0/s1. The first-order chi connectivity index (χ1) is 20.3. The van der Waals surface area contributed by atoms with E-state index in [2.05, 4.69) is 0 Å². The predicted molar refractivity (Wildman–Crippen MR) is 157 cm³/mol. The second-order valence-electron chi connectivity index (χ2n) is 10.1. The van der Waals surface area contributed by atoms with Gasteiger partial charge in [0.05, 0.1) is 33.0 Å². The van der Waals surface area contributed by atoms with Gasteiger partial charge in [0.2, 0.25) is 0 Å². The van der Waals surface area contributed by atoms with Crippen molar-refractivity contribution in [2.45, 2.75) is 57.1 Å². The lowest BCUT2D eigenvalue weighted by molar-refractivity contribution is -0.323. The van der Waals surface area contributed by atoms with E-state index in [0.29, 0.717) is 33.0 Å². The fraction of sp³-hybridized carbons (Fsp3) is 0.314. The van der Waals surface area contributed by atoms with Crippen LogP contribution in [-0.2, 0) is 54.8 Å². The van der Waals surface area contributed by atoms with Crippen molar-refractivity contribution in [3.8, 4) is 0 Å². The highest BCUT2D eigenvalue weighted by atomic mass is 16.7. The van der Waals surface area contributed by atoms with Crippen LogP contribution in [0.3, 0.4) is 0 Å². The molecule has 1 aliphatic rings. The van der Waals surface area contributed by atoms with Crippen LogP contribution >= 0.6 is 0 Å². The van der Waals surface area contributed by atoms with Crippen LogP contribution in [0.4, 0.5) is 0 Å². The van der Waals surface area contributed by atoms with Gasteiger partial charge in [0.15, 0.2) is 6.29 Å². The van der Waals surface area contributed by atoms with E-state index in [1.54, 1.807) is 7.11 Å². The van der Waals surface area contributed by atoms with Crippen molar-refractivity contribution in [3.63, 3.8) is 0 Å². The zero-order chi connectivity index (χ0) is 28.1. The van der Waals surface area contributed by atoms with Crippen molar-refractivity contribution < 1.29 is 28.4 Å². The van der Waals surface area contributed by atoms with Crippen LogP contribution in [0, 0.1) is 0 Å². The second kappa shape index (κ2) is 15.6. The molecule has 41 heavy (non-hydrogen) atoms. The van der Waals surface area contributed by atoms with Gasteiger partial charge in [-0.15, -0.1) is 0 Å². The van der Waals surface area contributed by atoms with Crippen molar-refractivity contribution in [1.29, 1.82) is 0 Å². The van der Waals surface area contributed by atoms with Gasteiger partial charge in [-0.3, -0.25) is 0 Å². The molecule has 0 saturated carbocycles. The summed E-state index contributed by atoms with van der Waals surface area (Å²) in [5.41, 5.74) is 4.27. The Labute approximate surface area is 242 Å². The van der Waals surface area contributed by atoms with E-state index in [1.807, 2.05) is 121 Å². The topological polar surface area (TPSA) is 55.4 Å². The van der Waals surface area contributed by atoms with Gasteiger partial charge in [-0.2, -0.15) is 0 Å². The first-order valence-electron chi connectivity index (χ1n) is 14.1. The largest absolute Gasteiger partial charge is 0.374 e. The fourth-order valence-corrected chi connectivity index (χ4v) is 4.94. The van der Waals surface area contributed by atoms with Crippen LogP contribution in [0.5, 0.6) is 0 Å². The Morgan fingerprint density at radius 1 is 0.488 bits per heavy atom. The Morgan fingerprint density at radius 3 is 1.32 bits per heavy atom. The summed E-state index contributed by atoms with van der Waals surface area (Å²) < 4.78 is 38.2. The van der Waals surface area contributed by atoms with Crippen LogP contribution in [0.25, 0.3) is 0 Å². The van der Waals surface area contributed by atoms with Gasteiger partial charge in [-0.25, -0.2) is 0 Å². The zero-order valence-electron chi connectivity index (χ0n) is 23.4. The molecule has 4 aromatic carbocycles. The van der Waals surface area contributed by atoms with Crippen molar-refractivity contribution in [2.24, 2.45) is 0 Å². The molecule has 4 aromatic rings. The van der Waals surface area contributed by atoms with E-state index in [-0.39, 0.29) is 0 Å². The number of hydrogen-bond acceptors (Lipinski definition) is 6. The third-order valence-electron chi connectivity index (χ3n) is 7.07. The molecule has 0 aliphatic carbocycles. The highest BCUT2D eigenvalue weighted by Crippen LogP contribution is 2.31. The number of rotatable bonds is 14. The summed E-state index contributed by atoms with van der Waals surface area (Å²) in [4.78, 5) is 0. The summed E-state index contributed by atoms with van der Waals surface area (Å²) in [7, 11) is 1.63. The second-order valence-corrected chi connectivity index (χ2v) is 10.1. The molecule has 6 heteroatoms. The molecule has 1 unspecified atom stereocenters. The van der Waals surface area contributed by atoms with Crippen LogP contribution in [0.1, 0.15) is 22.3 Å². The number of ether oxygens (including phenoxy) is 6. The van der Waals surface area contributed by atoms with Crippen molar-refractivity contribution in [1.82, 2.24) is 0 Å². The summed E-state index contributed by atoms with van der Waals surface area (Å²) in [6.07, 6.45) is -2.59. The van der Waals surface area contributed by atoms with Crippen molar-refractivity contribution >= 4 is 0 Å². The van der Waals surface area contributed by atoms with E-state index < -0.39 is 30.7 Å². The quantitative estimate of drug-likeness (QED) is 0.182. The lowest BCUT2D eigenvalue weighted by Gasteiger charge is -2.45. The summed E-state index contributed by atoms with van der Waals surface area (Å²) in [5, 5.41) is 0. The molecule has 0 spiro atoms. The van der Waals surface area contributed by atoms with Gasteiger partial charge in [0, 0.05) is 7.11 Å². The van der Waals surface area contributed by atoms with Gasteiger partial charge in [-0.1, -0.05) is 121 Å². The van der Waals surface area contributed by atoms with Gasteiger partial charge >= 0.3 is 0 Å². The lowest BCUT2D eigenvalue weighted by atomic mass is 9.97. The normalized spacial score (nSPS) is 22.4. The Bertz CT molecular complexity index is 1260. The molecule has 1 fully saturated rings. The minimum absolute atomic E-state index is 0.310. The average Bonchev–Trinajstić information content (AvgIpc) is 3.04. The molecule has 6 nitrogen and oxygen atoms in total. The maximum absolute atomic E-state index is 6.63. The zero-order valence-corrected chi connectivity index (χ0v) is 23.4. The number of benzene rings is 4. The van der Waals surface area contributed by atoms with E-state index in [1.165, 1.54) is 0 Å². The van der Waals surface area contributed by atoms with Crippen molar-refractivity contribution in [2.75, 3.05) is 13.7 Å². The monoisotopic (exact) mass is 554 g/mol. The van der Waals surface area contributed by atoms with Crippen LogP contribution in [0.15, 0.2) is 121 Å². The average molecular weight is 555 g/mol. The Balaban J connectivity index is 1.38. The Hall–Kier alpha value is -3.36. The molecule has 214 valence electrons. The van der Waals surface area contributed by atoms with E-state index in [0.717, 1.165) is 22.3 Å². The minimum Gasteiger partial charge on any atom is -0.374 e. The smallest absolute Gasteiger partial charge is 0.186 e. The van der Waals surface area contributed by atoms with E-state index in [9.17, 15) is 0 Å². The summed E-state index contributed by atoms with van der Waals surface area (Å²) in [6, 6.07) is 40.4. The van der Waals surface area contributed by atoms with Gasteiger partial charge in [0.25, 0.3) is 0 Å². The molecule has 0 radical (unpaired) electrons. The molecule has 0 amide bonds. The molecule has 0 N–H and O–H groups in total. The van der Waals surface area contributed by atoms with Gasteiger partial charge in [-0.05, 0) is 22.3 Å². The summed E-state index contributed by atoms with van der Waals surface area (Å²) in [6.45, 7) is 1.97. The minimum atomic E-state index is -0.665. The van der Waals surface area contributed by atoms with Crippen molar-refractivity contribution in [3.05, 3.63) is 144 Å². The van der Waals surface area contributed by atoms with Crippen LogP contribution < -0.4 is 0 Å². The lowest BCUT2D eigenvalue weighted by Crippen LogP contribution is -2.61. The molecule has 1 saturated heterocycles. The summed E-state index contributed by atoms with van der Waals surface area (Å²) >= 11 is 0. The maximum Gasteiger partial charge on any atom is 0.186 e. The van der Waals surface area contributed by atoms with E-state index in [4.69, 9.17) is 28.4 Å². The molecule has 1 heterocycles. The van der Waals surface area contributed by atoms with Gasteiger partial charge < -0.3 is 28.4 Å². The number of hydrogen-bond donors (Lipinski definition) is 0. The fourth-order valence-electron chi connectivity index (χ4n) is 4.94. The highest BCUT2D eigenvalue weighted by molar-refractivity contribution is 5.16. The first kappa shape index (κ1) is 29.1. The Morgan fingerprint density at radius 2 is 0.878 bits per heavy atom.